The van der Waals surface area contributed by atoms with E-state index in [-0.39, 0.29) is 23.6 Å². The summed E-state index contributed by atoms with van der Waals surface area (Å²) >= 11 is 0. The molecule has 8 nitrogen and oxygen atoms in total. The minimum absolute atomic E-state index is 0.0756. The van der Waals surface area contributed by atoms with Gasteiger partial charge in [0.2, 0.25) is 5.90 Å². The van der Waals surface area contributed by atoms with Crippen molar-refractivity contribution in [3.8, 4) is 11.1 Å². The third-order valence-corrected chi connectivity index (χ3v) is 8.05. The summed E-state index contributed by atoms with van der Waals surface area (Å²) in [4.78, 5) is 21.5. The highest BCUT2D eigenvalue weighted by molar-refractivity contribution is 6.04. The number of piperazine rings is 1. The molecule has 0 radical (unpaired) electrons. The van der Waals surface area contributed by atoms with Crippen LogP contribution in [0.1, 0.15) is 67.6 Å². The molecule has 0 atom stereocenters. The van der Waals surface area contributed by atoms with Crippen molar-refractivity contribution in [3.05, 3.63) is 47.2 Å². The zero-order chi connectivity index (χ0) is 26.7. The van der Waals surface area contributed by atoms with Gasteiger partial charge in [-0.2, -0.15) is 0 Å². The van der Waals surface area contributed by atoms with Crippen LogP contribution in [0.25, 0.3) is 11.1 Å². The number of rotatable bonds is 8. The fourth-order valence-corrected chi connectivity index (χ4v) is 6.00. The summed E-state index contributed by atoms with van der Waals surface area (Å²) in [6.07, 6.45) is 6.37. The lowest BCUT2D eigenvalue weighted by molar-refractivity contribution is -0.169. The second-order valence-electron chi connectivity index (χ2n) is 11.5. The van der Waals surface area contributed by atoms with Gasteiger partial charge in [-0.15, -0.1) is 0 Å². The molecule has 204 valence electrons. The van der Waals surface area contributed by atoms with Gasteiger partial charge >= 0.3 is 0 Å². The lowest BCUT2D eigenvalue weighted by Gasteiger charge is -2.54. The average Bonchev–Trinajstić information content (AvgIpc) is 2.89. The van der Waals surface area contributed by atoms with Crippen molar-refractivity contribution in [3.63, 3.8) is 0 Å². The first kappa shape index (κ1) is 26.8. The number of aldehydes is 1. The van der Waals surface area contributed by atoms with Crippen LogP contribution in [0.3, 0.4) is 0 Å². The van der Waals surface area contributed by atoms with Gasteiger partial charge in [-0.3, -0.25) is 15.1 Å². The van der Waals surface area contributed by atoms with Crippen molar-refractivity contribution in [1.29, 1.82) is 5.41 Å². The molecule has 2 saturated heterocycles. The Labute approximate surface area is 226 Å². The molecule has 1 aliphatic carbocycles. The van der Waals surface area contributed by atoms with Gasteiger partial charge in [0.25, 0.3) is 0 Å². The lowest BCUT2D eigenvalue weighted by atomic mass is 9.91. The Morgan fingerprint density at radius 2 is 1.95 bits per heavy atom. The Kier molecular flexibility index (Phi) is 8.12. The highest BCUT2D eigenvalue weighted by Crippen LogP contribution is 2.34. The number of carbonyl (C=O) groups excluding carboxylic acids is 1. The normalized spacial score (nSPS) is 20.3. The van der Waals surface area contributed by atoms with Gasteiger partial charge in [0, 0.05) is 37.8 Å². The van der Waals surface area contributed by atoms with E-state index >= 15 is 0 Å². The first-order valence-electron chi connectivity index (χ1n) is 14.0. The fourth-order valence-electron chi connectivity index (χ4n) is 6.00. The zero-order valence-electron chi connectivity index (χ0n) is 23.0. The van der Waals surface area contributed by atoms with Gasteiger partial charge in [0.1, 0.15) is 11.5 Å². The summed E-state index contributed by atoms with van der Waals surface area (Å²) in [7, 11) is 2.18. The quantitative estimate of drug-likeness (QED) is 0.300. The van der Waals surface area contributed by atoms with Gasteiger partial charge in [-0.1, -0.05) is 43.5 Å². The number of aromatic nitrogens is 1. The maximum atomic E-state index is 11.9. The van der Waals surface area contributed by atoms with Crippen LogP contribution in [0.4, 0.5) is 5.82 Å². The van der Waals surface area contributed by atoms with Crippen LogP contribution in [0.2, 0.25) is 0 Å². The molecule has 2 aromatic rings. The molecule has 38 heavy (non-hydrogen) atoms. The zero-order valence-corrected chi connectivity index (χ0v) is 23.0. The van der Waals surface area contributed by atoms with Gasteiger partial charge in [-0.05, 0) is 50.9 Å². The van der Waals surface area contributed by atoms with Crippen molar-refractivity contribution >= 4 is 18.0 Å². The third kappa shape index (κ3) is 5.77. The van der Waals surface area contributed by atoms with Gasteiger partial charge < -0.3 is 19.7 Å². The van der Waals surface area contributed by atoms with E-state index in [1.807, 2.05) is 13.8 Å². The minimum atomic E-state index is -0.141. The summed E-state index contributed by atoms with van der Waals surface area (Å²) in [6.45, 7) is 9.42. The number of nitrogens with one attached hydrogen (secondary N) is 2. The molecule has 8 heteroatoms. The van der Waals surface area contributed by atoms with Crippen LogP contribution in [-0.4, -0.2) is 84.5 Å². The molecule has 1 aromatic heterocycles. The summed E-state index contributed by atoms with van der Waals surface area (Å²) in [6, 6.07) is 10.6. The van der Waals surface area contributed by atoms with E-state index in [0.29, 0.717) is 17.1 Å². The van der Waals surface area contributed by atoms with Gasteiger partial charge in [0.15, 0.2) is 6.29 Å². The summed E-state index contributed by atoms with van der Waals surface area (Å²) in [5.74, 6) is 0.641. The fraction of sp³-hybridized carbons (Fsp3) is 0.567. The van der Waals surface area contributed by atoms with Crippen molar-refractivity contribution in [2.75, 3.05) is 45.2 Å². The molecule has 0 amide bonds. The molecule has 1 saturated carbocycles. The number of ether oxygens (including phenoxy) is 2. The first-order chi connectivity index (χ1) is 18.4. The van der Waals surface area contributed by atoms with Gasteiger partial charge in [-0.25, -0.2) is 4.98 Å². The monoisotopic (exact) mass is 519 g/mol. The molecule has 3 fully saturated rings. The number of hydrogen-bond donors (Lipinski definition) is 2. The topological polar surface area (TPSA) is 90.8 Å². The van der Waals surface area contributed by atoms with Crippen molar-refractivity contribution < 1.29 is 14.3 Å². The van der Waals surface area contributed by atoms with Crippen LogP contribution < -0.4 is 5.32 Å². The molecule has 3 aliphatic rings. The van der Waals surface area contributed by atoms with E-state index in [4.69, 9.17) is 14.9 Å². The molecule has 0 unspecified atom stereocenters. The van der Waals surface area contributed by atoms with E-state index in [0.717, 1.165) is 69.6 Å². The van der Waals surface area contributed by atoms with Crippen LogP contribution in [-0.2, 0) is 16.0 Å². The summed E-state index contributed by atoms with van der Waals surface area (Å²) in [5, 5.41) is 12.4. The van der Waals surface area contributed by atoms with E-state index in [9.17, 15) is 4.79 Å². The minimum Gasteiger partial charge on any atom is -0.475 e. The predicted octanol–water partition coefficient (Wildman–Crippen LogP) is 4.57. The Morgan fingerprint density at radius 3 is 2.58 bits per heavy atom. The number of likely N-dealkylation sites (N-methyl/N-ethyl adjacent to an activating group) is 1. The molecule has 2 aliphatic heterocycles. The highest BCUT2D eigenvalue weighted by atomic mass is 16.5. The van der Waals surface area contributed by atoms with Gasteiger partial charge in [0.05, 0.1) is 30.4 Å². The van der Waals surface area contributed by atoms with E-state index in [1.165, 1.54) is 24.8 Å². The second kappa shape index (κ2) is 11.5. The molecule has 1 spiro atoms. The maximum absolute atomic E-state index is 11.9. The number of benzene rings is 1. The Morgan fingerprint density at radius 1 is 1.21 bits per heavy atom. The highest BCUT2D eigenvalue weighted by Gasteiger charge is 2.46. The van der Waals surface area contributed by atoms with E-state index in [1.54, 1.807) is 6.07 Å². The van der Waals surface area contributed by atoms with E-state index in [2.05, 4.69) is 51.4 Å². The van der Waals surface area contributed by atoms with E-state index < -0.39 is 0 Å². The predicted molar refractivity (Wildman–Crippen MR) is 150 cm³/mol. The summed E-state index contributed by atoms with van der Waals surface area (Å²) in [5.41, 5.74) is 4.07. The number of pyridine rings is 1. The van der Waals surface area contributed by atoms with Crippen molar-refractivity contribution in [1.82, 2.24) is 14.8 Å². The molecule has 0 bridgehead atoms. The van der Waals surface area contributed by atoms with Crippen LogP contribution in [0.15, 0.2) is 30.3 Å². The van der Waals surface area contributed by atoms with Crippen molar-refractivity contribution in [2.24, 2.45) is 0 Å². The molecule has 2 N–H and O–H groups in total. The number of anilines is 1. The van der Waals surface area contributed by atoms with Crippen LogP contribution >= 0.6 is 0 Å². The molecule has 5 rings (SSSR count). The third-order valence-electron chi connectivity index (χ3n) is 8.05. The smallest absolute Gasteiger partial charge is 0.217 e. The average molecular weight is 520 g/mol. The van der Waals surface area contributed by atoms with Crippen LogP contribution in [0.5, 0.6) is 0 Å². The Hall–Kier alpha value is -2.81. The standard InChI is InChI=1S/C30H41N5O3/c1-21(2)38-28(31)27-26(15-25(17-36)33-29(27)32-24-7-5-4-6-8-24)23-11-9-22(10-12-23)16-35-14-13-34(3)18-30(35)19-37-20-30/h9-12,15,17,21,24,31H,4-8,13-14,16,18-20H2,1-3H3,(H,32,33). The maximum Gasteiger partial charge on any atom is 0.217 e. The molecular formula is C30H41N5O3. The first-order valence-corrected chi connectivity index (χ1v) is 14.0. The molecule has 3 heterocycles. The lowest BCUT2D eigenvalue weighted by Crippen LogP contribution is -2.70. The van der Waals surface area contributed by atoms with Crippen LogP contribution in [0, 0.1) is 5.41 Å². The Bertz CT molecular complexity index is 1140. The largest absolute Gasteiger partial charge is 0.475 e. The number of carbonyl (C=O) groups is 1. The Balaban J connectivity index is 1.45. The number of hydrogen-bond acceptors (Lipinski definition) is 8. The molecule has 1 aromatic carbocycles. The SMILES string of the molecule is CC(C)OC(=N)c1c(-c2ccc(CN3CCN(C)CC34COC4)cc2)cc(C=O)nc1NC1CCCCC1. The number of nitrogens with zero attached hydrogens (tertiary/aromatic N) is 3. The molecular weight excluding hydrogens is 478 g/mol. The second-order valence-corrected chi connectivity index (χ2v) is 11.5. The summed E-state index contributed by atoms with van der Waals surface area (Å²) < 4.78 is 11.5. The van der Waals surface area contributed by atoms with Crippen molar-refractivity contribution in [2.45, 2.75) is 70.2 Å².